The Bertz CT molecular complexity index is 450. The quantitative estimate of drug-likeness (QED) is 0.838. The van der Waals surface area contributed by atoms with E-state index in [9.17, 15) is 8.78 Å². The predicted octanol–water partition coefficient (Wildman–Crippen LogP) is 4.16. The van der Waals surface area contributed by atoms with Crippen molar-refractivity contribution < 1.29 is 13.5 Å². The van der Waals surface area contributed by atoms with Crippen LogP contribution in [0.4, 0.5) is 8.78 Å². The van der Waals surface area contributed by atoms with Gasteiger partial charge in [0.25, 0.3) is 0 Å². The molecule has 0 saturated heterocycles. The predicted molar refractivity (Wildman–Crippen MR) is 76.1 cm³/mol. The van der Waals surface area contributed by atoms with Crippen LogP contribution in [0.1, 0.15) is 44.4 Å². The van der Waals surface area contributed by atoms with Crippen molar-refractivity contribution in [2.75, 3.05) is 6.54 Å². The average molecular weight is 283 g/mol. The molecule has 20 heavy (non-hydrogen) atoms. The summed E-state index contributed by atoms with van der Waals surface area (Å²) in [6.45, 7) is 4.65. The van der Waals surface area contributed by atoms with Gasteiger partial charge in [0, 0.05) is 6.04 Å². The molecule has 0 bridgehead atoms. The molecule has 0 aliphatic heterocycles. The molecule has 0 saturated carbocycles. The van der Waals surface area contributed by atoms with Crippen molar-refractivity contribution in [2.24, 2.45) is 11.8 Å². The second-order valence-electron chi connectivity index (χ2n) is 5.65. The number of nitrogens with one attached hydrogen (secondary N) is 1. The molecule has 2 nitrogen and oxygen atoms in total. The van der Waals surface area contributed by atoms with E-state index in [1.54, 1.807) is 12.1 Å². The molecule has 0 heterocycles. The molecular formula is C16H23F2NO. The van der Waals surface area contributed by atoms with Crippen LogP contribution in [0.3, 0.4) is 0 Å². The third-order valence-electron chi connectivity index (χ3n) is 4.39. The Kier molecular flexibility index (Phi) is 4.97. The SMILES string of the molecule is CCNC1c2cc(OC(F)F)ccc2CCC(C)C1C. The van der Waals surface area contributed by atoms with Gasteiger partial charge in [-0.05, 0) is 54.5 Å². The van der Waals surface area contributed by atoms with Gasteiger partial charge in [-0.1, -0.05) is 26.8 Å². The highest BCUT2D eigenvalue weighted by Gasteiger charge is 2.29. The molecule has 3 atom stereocenters. The summed E-state index contributed by atoms with van der Waals surface area (Å²) in [5.74, 6) is 1.33. The minimum absolute atomic E-state index is 0.203. The minimum atomic E-state index is -2.77. The van der Waals surface area contributed by atoms with Gasteiger partial charge in [0.2, 0.25) is 0 Å². The molecule has 1 aliphatic rings. The fraction of sp³-hybridized carbons (Fsp3) is 0.625. The van der Waals surface area contributed by atoms with Gasteiger partial charge < -0.3 is 10.1 Å². The molecule has 0 spiro atoms. The van der Waals surface area contributed by atoms with E-state index in [0.29, 0.717) is 11.8 Å². The molecule has 0 radical (unpaired) electrons. The number of benzene rings is 1. The zero-order chi connectivity index (χ0) is 14.7. The first-order chi connectivity index (χ1) is 9.52. The van der Waals surface area contributed by atoms with Gasteiger partial charge in [-0.25, -0.2) is 0 Å². The van der Waals surface area contributed by atoms with E-state index in [1.165, 1.54) is 5.56 Å². The Morgan fingerprint density at radius 1 is 1.35 bits per heavy atom. The summed E-state index contributed by atoms with van der Waals surface area (Å²) in [6, 6.07) is 5.56. The number of fused-ring (bicyclic) bond motifs is 1. The topological polar surface area (TPSA) is 21.3 Å². The van der Waals surface area contributed by atoms with Crippen molar-refractivity contribution in [3.05, 3.63) is 29.3 Å². The first-order valence-electron chi connectivity index (χ1n) is 7.34. The lowest BCUT2D eigenvalue weighted by Crippen LogP contribution is -2.29. The van der Waals surface area contributed by atoms with Crippen molar-refractivity contribution >= 4 is 0 Å². The van der Waals surface area contributed by atoms with Crippen molar-refractivity contribution in [2.45, 2.75) is 46.3 Å². The molecule has 3 unspecified atom stereocenters. The standard InChI is InChI=1S/C16H23F2NO/c1-4-19-15-11(3)10(2)5-6-12-7-8-13(9-14(12)15)20-16(17)18/h7-11,15-16,19H,4-6H2,1-3H3. The fourth-order valence-corrected chi connectivity index (χ4v) is 3.04. The average Bonchev–Trinajstić information content (AvgIpc) is 2.51. The molecule has 0 aromatic heterocycles. The number of halogens is 2. The zero-order valence-corrected chi connectivity index (χ0v) is 12.3. The largest absolute Gasteiger partial charge is 0.435 e. The van der Waals surface area contributed by atoms with Gasteiger partial charge in [-0.3, -0.25) is 0 Å². The smallest absolute Gasteiger partial charge is 0.387 e. The Morgan fingerprint density at radius 2 is 2.10 bits per heavy atom. The maximum absolute atomic E-state index is 12.4. The molecule has 4 heteroatoms. The molecular weight excluding hydrogens is 260 g/mol. The van der Waals surface area contributed by atoms with E-state index >= 15 is 0 Å². The van der Waals surface area contributed by atoms with E-state index in [-0.39, 0.29) is 11.8 Å². The lowest BCUT2D eigenvalue weighted by Gasteiger charge is -2.28. The van der Waals surface area contributed by atoms with Crippen LogP contribution in [0, 0.1) is 11.8 Å². The van der Waals surface area contributed by atoms with Crippen LogP contribution in [-0.4, -0.2) is 13.2 Å². The highest BCUT2D eigenvalue weighted by atomic mass is 19.3. The van der Waals surface area contributed by atoms with Gasteiger partial charge in [0.05, 0.1) is 0 Å². The number of hydrogen-bond donors (Lipinski definition) is 1. The maximum Gasteiger partial charge on any atom is 0.387 e. The van der Waals surface area contributed by atoms with Crippen LogP contribution >= 0.6 is 0 Å². The van der Waals surface area contributed by atoms with Crippen LogP contribution < -0.4 is 10.1 Å². The summed E-state index contributed by atoms with van der Waals surface area (Å²) in [5, 5.41) is 3.50. The lowest BCUT2D eigenvalue weighted by atomic mass is 9.86. The van der Waals surface area contributed by atoms with Crippen LogP contribution in [0.25, 0.3) is 0 Å². The van der Waals surface area contributed by atoms with E-state index in [4.69, 9.17) is 0 Å². The summed E-state index contributed by atoms with van der Waals surface area (Å²) < 4.78 is 29.3. The van der Waals surface area contributed by atoms with Gasteiger partial charge in [-0.2, -0.15) is 8.78 Å². The van der Waals surface area contributed by atoms with Gasteiger partial charge in [-0.15, -0.1) is 0 Å². The van der Waals surface area contributed by atoms with E-state index in [2.05, 4.69) is 30.8 Å². The third kappa shape index (κ3) is 3.29. The zero-order valence-electron chi connectivity index (χ0n) is 12.3. The second kappa shape index (κ2) is 6.53. The molecule has 1 N–H and O–H groups in total. The van der Waals surface area contributed by atoms with Crippen LogP contribution in [-0.2, 0) is 6.42 Å². The monoisotopic (exact) mass is 283 g/mol. The highest BCUT2D eigenvalue weighted by molar-refractivity contribution is 5.39. The Labute approximate surface area is 119 Å². The fourth-order valence-electron chi connectivity index (χ4n) is 3.04. The van der Waals surface area contributed by atoms with Crippen LogP contribution in [0.5, 0.6) is 5.75 Å². The summed E-state index contributed by atoms with van der Waals surface area (Å²) in [5.41, 5.74) is 2.36. The molecule has 2 rings (SSSR count). The highest BCUT2D eigenvalue weighted by Crippen LogP contribution is 2.38. The number of alkyl halides is 2. The maximum atomic E-state index is 12.4. The Morgan fingerprint density at radius 3 is 2.75 bits per heavy atom. The minimum Gasteiger partial charge on any atom is -0.435 e. The summed E-state index contributed by atoms with van der Waals surface area (Å²) >= 11 is 0. The van der Waals surface area contributed by atoms with Gasteiger partial charge in [0.1, 0.15) is 5.75 Å². The molecule has 1 aromatic rings. The Hall–Kier alpha value is -1.16. The van der Waals surface area contributed by atoms with Gasteiger partial charge in [0.15, 0.2) is 0 Å². The first kappa shape index (κ1) is 15.2. The molecule has 1 aromatic carbocycles. The molecule has 1 aliphatic carbocycles. The van der Waals surface area contributed by atoms with E-state index in [1.807, 2.05) is 6.07 Å². The van der Waals surface area contributed by atoms with E-state index in [0.717, 1.165) is 24.9 Å². The molecule has 112 valence electrons. The Balaban J connectivity index is 2.37. The summed E-state index contributed by atoms with van der Waals surface area (Å²) in [6.07, 6.45) is 2.13. The van der Waals surface area contributed by atoms with Crippen molar-refractivity contribution in [1.82, 2.24) is 5.32 Å². The third-order valence-corrected chi connectivity index (χ3v) is 4.39. The molecule has 0 amide bonds. The summed E-state index contributed by atoms with van der Waals surface area (Å²) in [7, 11) is 0. The van der Waals surface area contributed by atoms with Crippen molar-refractivity contribution in [1.29, 1.82) is 0 Å². The van der Waals surface area contributed by atoms with Crippen LogP contribution in [0.2, 0.25) is 0 Å². The van der Waals surface area contributed by atoms with Crippen LogP contribution in [0.15, 0.2) is 18.2 Å². The van der Waals surface area contributed by atoms with E-state index < -0.39 is 6.61 Å². The number of rotatable bonds is 4. The normalized spacial score (nSPS) is 26.2. The lowest BCUT2D eigenvalue weighted by molar-refractivity contribution is -0.0499. The number of hydrogen-bond acceptors (Lipinski definition) is 2. The number of aryl methyl sites for hydroxylation is 1. The summed E-state index contributed by atoms with van der Waals surface area (Å²) in [4.78, 5) is 0. The molecule has 0 fully saturated rings. The van der Waals surface area contributed by atoms with Crippen molar-refractivity contribution in [3.8, 4) is 5.75 Å². The van der Waals surface area contributed by atoms with Gasteiger partial charge >= 0.3 is 6.61 Å². The first-order valence-corrected chi connectivity index (χ1v) is 7.34. The van der Waals surface area contributed by atoms with Crippen molar-refractivity contribution in [3.63, 3.8) is 0 Å². The number of ether oxygens (including phenoxy) is 1. The second-order valence-corrected chi connectivity index (χ2v) is 5.65.